The number of carbonyl (C=O) groups excluding carboxylic acids is 1. The summed E-state index contributed by atoms with van der Waals surface area (Å²) in [4.78, 5) is 13.7. The van der Waals surface area contributed by atoms with E-state index in [1.807, 2.05) is 11.8 Å². The Morgan fingerprint density at radius 3 is 2.71 bits per heavy atom. The molecule has 1 atom stereocenters. The Morgan fingerprint density at radius 2 is 2.29 bits per heavy atom. The number of hydrogen-bond acceptors (Lipinski definition) is 2. The largest absolute Gasteiger partial charge is 0.328 e. The summed E-state index contributed by atoms with van der Waals surface area (Å²) in [5, 5.41) is 3.19. The van der Waals surface area contributed by atoms with Crippen LogP contribution >= 0.6 is 0 Å². The lowest BCUT2D eigenvalue weighted by Crippen LogP contribution is -2.33. The molecule has 1 heterocycles. The van der Waals surface area contributed by atoms with E-state index < -0.39 is 0 Å². The summed E-state index contributed by atoms with van der Waals surface area (Å²) in [6.07, 6.45) is 5.16. The lowest BCUT2D eigenvalue weighted by Gasteiger charge is -2.22. The van der Waals surface area contributed by atoms with E-state index in [1.165, 1.54) is 25.7 Å². The Labute approximate surface area is 85.8 Å². The minimum absolute atomic E-state index is 0.0347. The Morgan fingerprint density at radius 1 is 1.57 bits per heavy atom. The number of hydrogen-bond donors (Lipinski definition) is 1. The van der Waals surface area contributed by atoms with Crippen LogP contribution in [0.2, 0.25) is 0 Å². The summed E-state index contributed by atoms with van der Waals surface area (Å²) >= 11 is 0. The number of rotatable bonds is 4. The molecule has 80 valence electrons. The first-order valence-corrected chi connectivity index (χ1v) is 5.69. The van der Waals surface area contributed by atoms with Gasteiger partial charge in [0.1, 0.15) is 0 Å². The van der Waals surface area contributed by atoms with Crippen LogP contribution in [-0.2, 0) is 4.79 Å². The van der Waals surface area contributed by atoms with Crippen LogP contribution in [0.25, 0.3) is 0 Å². The molecule has 2 rings (SSSR count). The van der Waals surface area contributed by atoms with Crippen LogP contribution in [0, 0.1) is 5.41 Å². The van der Waals surface area contributed by atoms with Gasteiger partial charge in [-0.25, -0.2) is 0 Å². The molecule has 0 bridgehead atoms. The summed E-state index contributed by atoms with van der Waals surface area (Å²) in [6.45, 7) is 5.91. The molecule has 14 heavy (non-hydrogen) atoms. The first-order chi connectivity index (χ1) is 6.67. The molecular weight excluding hydrogens is 176 g/mol. The summed E-state index contributed by atoms with van der Waals surface area (Å²) in [6, 6.07) is 0.0347. The molecule has 1 amide bonds. The maximum atomic E-state index is 11.7. The van der Waals surface area contributed by atoms with Gasteiger partial charge < -0.3 is 4.90 Å². The molecule has 1 saturated carbocycles. The van der Waals surface area contributed by atoms with Crippen molar-refractivity contribution in [2.75, 3.05) is 13.2 Å². The number of nitrogens with one attached hydrogen (secondary N) is 1. The fourth-order valence-corrected chi connectivity index (χ4v) is 2.42. The molecule has 2 aliphatic rings. The standard InChI is InChI=1S/C11H20N2O/c1-3-4-11(5-6-11)7-13-8-12-9(2)10(13)14/h9,12H,3-8H2,1-2H3. The van der Waals surface area contributed by atoms with Crippen molar-refractivity contribution >= 4 is 5.91 Å². The first-order valence-electron chi connectivity index (χ1n) is 5.69. The zero-order valence-corrected chi connectivity index (χ0v) is 9.18. The average Bonchev–Trinajstić information content (AvgIpc) is 2.85. The Kier molecular flexibility index (Phi) is 2.52. The third kappa shape index (κ3) is 1.78. The van der Waals surface area contributed by atoms with Gasteiger partial charge >= 0.3 is 0 Å². The van der Waals surface area contributed by atoms with E-state index in [0.717, 1.165) is 13.2 Å². The van der Waals surface area contributed by atoms with Crippen molar-refractivity contribution in [1.29, 1.82) is 0 Å². The van der Waals surface area contributed by atoms with Gasteiger partial charge in [-0.15, -0.1) is 0 Å². The molecule has 0 aromatic carbocycles. The van der Waals surface area contributed by atoms with Gasteiger partial charge in [0.05, 0.1) is 12.7 Å². The maximum Gasteiger partial charge on any atom is 0.240 e. The third-order valence-corrected chi connectivity index (χ3v) is 3.53. The van der Waals surface area contributed by atoms with Gasteiger partial charge in [-0.3, -0.25) is 10.1 Å². The molecule has 3 nitrogen and oxygen atoms in total. The fraction of sp³-hybridized carbons (Fsp3) is 0.909. The summed E-state index contributed by atoms with van der Waals surface area (Å²) < 4.78 is 0. The molecule has 1 saturated heterocycles. The van der Waals surface area contributed by atoms with E-state index in [9.17, 15) is 4.79 Å². The molecule has 1 aliphatic carbocycles. The maximum absolute atomic E-state index is 11.7. The molecular formula is C11H20N2O. The van der Waals surface area contributed by atoms with Gasteiger partial charge in [-0.1, -0.05) is 13.3 Å². The smallest absolute Gasteiger partial charge is 0.240 e. The minimum atomic E-state index is 0.0347. The van der Waals surface area contributed by atoms with E-state index in [2.05, 4.69) is 12.2 Å². The van der Waals surface area contributed by atoms with Crippen molar-refractivity contribution in [3.8, 4) is 0 Å². The van der Waals surface area contributed by atoms with Gasteiger partial charge in [0.2, 0.25) is 5.91 Å². The summed E-state index contributed by atoms with van der Waals surface area (Å²) in [5.74, 6) is 0.285. The van der Waals surface area contributed by atoms with Gasteiger partial charge in [0.15, 0.2) is 0 Å². The second-order valence-electron chi connectivity index (χ2n) is 4.87. The molecule has 0 spiro atoms. The number of nitrogens with zero attached hydrogens (tertiary/aromatic N) is 1. The Bertz CT molecular complexity index is 235. The topological polar surface area (TPSA) is 32.3 Å². The van der Waals surface area contributed by atoms with Crippen molar-refractivity contribution in [1.82, 2.24) is 10.2 Å². The molecule has 1 aliphatic heterocycles. The van der Waals surface area contributed by atoms with Crippen molar-refractivity contribution in [2.45, 2.75) is 45.6 Å². The van der Waals surface area contributed by atoms with Crippen LogP contribution in [0.5, 0.6) is 0 Å². The predicted octanol–water partition coefficient (Wildman–Crippen LogP) is 1.34. The highest BCUT2D eigenvalue weighted by molar-refractivity contribution is 5.83. The SMILES string of the molecule is CCCC1(CN2CNC(C)C2=O)CC1. The predicted molar refractivity (Wildman–Crippen MR) is 55.8 cm³/mol. The second-order valence-corrected chi connectivity index (χ2v) is 4.87. The van der Waals surface area contributed by atoms with Gasteiger partial charge in [-0.2, -0.15) is 0 Å². The average molecular weight is 196 g/mol. The van der Waals surface area contributed by atoms with Crippen molar-refractivity contribution in [2.24, 2.45) is 5.41 Å². The zero-order chi connectivity index (χ0) is 10.2. The quantitative estimate of drug-likeness (QED) is 0.736. The third-order valence-electron chi connectivity index (χ3n) is 3.53. The molecule has 1 unspecified atom stereocenters. The molecule has 0 radical (unpaired) electrons. The number of amides is 1. The molecule has 1 N–H and O–H groups in total. The lowest BCUT2D eigenvalue weighted by molar-refractivity contribution is -0.129. The molecule has 0 aromatic heterocycles. The van der Waals surface area contributed by atoms with Gasteiger partial charge in [0, 0.05) is 6.54 Å². The van der Waals surface area contributed by atoms with Crippen LogP contribution in [0.3, 0.4) is 0 Å². The summed E-state index contributed by atoms with van der Waals surface area (Å²) in [5.41, 5.74) is 0.496. The second kappa shape index (κ2) is 3.54. The van der Waals surface area contributed by atoms with Crippen LogP contribution < -0.4 is 5.32 Å². The fourth-order valence-electron chi connectivity index (χ4n) is 2.42. The van der Waals surface area contributed by atoms with E-state index in [1.54, 1.807) is 0 Å². The lowest BCUT2D eigenvalue weighted by atomic mass is 10.0. The summed E-state index contributed by atoms with van der Waals surface area (Å²) in [7, 11) is 0. The highest BCUT2D eigenvalue weighted by Crippen LogP contribution is 2.50. The van der Waals surface area contributed by atoms with Crippen LogP contribution in [0.15, 0.2) is 0 Å². The highest BCUT2D eigenvalue weighted by Gasteiger charge is 2.45. The van der Waals surface area contributed by atoms with Crippen LogP contribution in [0.1, 0.15) is 39.5 Å². The van der Waals surface area contributed by atoms with E-state index in [4.69, 9.17) is 0 Å². The molecule has 0 aromatic rings. The number of carbonyl (C=O) groups is 1. The Balaban J connectivity index is 1.89. The first kappa shape index (κ1) is 9.97. The highest BCUT2D eigenvalue weighted by atomic mass is 16.2. The van der Waals surface area contributed by atoms with E-state index in [0.29, 0.717) is 5.41 Å². The van der Waals surface area contributed by atoms with Crippen molar-refractivity contribution in [3.05, 3.63) is 0 Å². The van der Waals surface area contributed by atoms with E-state index in [-0.39, 0.29) is 11.9 Å². The minimum Gasteiger partial charge on any atom is -0.328 e. The Hall–Kier alpha value is -0.570. The molecule has 2 fully saturated rings. The normalized spacial score (nSPS) is 29.7. The van der Waals surface area contributed by atoms with Gasteiger partial charge in [-0.05, 0) is 31.6 Å². The zero-order valence-electron chi connectivity index (χ0n) is 9.18. The van der Waals surface area contributed by atoms with Crippen LogP contribution in [-0.4, -0.2) is 30.1 Å². The van der Waals surface area contributed by atoms with Crippen LogP contribution in [0.4, 0.5) is 0 Å². The van der Waals surface area contributed by atoms with Crippen molar-refractivity contribution < 1.29 is 4.79 Å². The van der Waals surface area contributed by atoms with Gasteiger partial charge in [0.25, 0.3) is 0 Å². The molecule has 3 heteroatoms. The van der Waals surface area contributed by atoms with Crippen molar-refractivity contribution in [3.63, 3.8) is 0 Å². The van der Waals surface area contributed by atoms with E-state index >= 15 is 0 Å². The monoisotopic (exact) mass is 196 g/mol.